The van der Waals surface area contributed by atoms with Crippen molar-refractivity contribution < 1.29 is 15.0 Å². The van der Waals surface area contributed by atoms with Gasteiger partial charge in [-0.3, -0.25) is 10.8 Å². The van der Waals surface area contributed by atoms with Crippen LogP contribution in [0.4, 0.5) is 4.79 Å². The second-order valence-electron chi connectivity index (χ2n) is 1.05. The third-order valence-corrected chi connectivity index (χ3v) is 0.394. The highest BCUT2D eigenvalue weighted by Gasteiger charge is 1.75. The fourth-order valence-electron chi connectivity index (χ4n) is 0.0722. The number of hydrogen-bond donors (Lipinski definition) is 6. The Bertz CT molecular complexity index is 104. The lowest BCUT2D eigenvalue weighted by molar-refractivity contribution is 0.137. The molecule has 0 aromatic heterocycles. The van der Waals surface area contributed by atoms with Crippen LogP contribution in [0.3, 0.4) is 0 Å². The van der Waals surface area contributed by atoms with Crippen molar-refractivity contribution in [1.29, 1.82) is 5.41 Å². The zero-order valence-electron chi connectivity index (χ0n) is 5.38. The van der Waals surface area contributed by atoms with E-state index in [1.807, 2.05) is 0 Å². The number of hydrogen-bond acceptors (Lipinski definition) is 3. The van der Waals surface area contributed by atoms with Gasteiger partial charge in [0.15, 0.2) is 0 Å². The fraction of sp³-hybridized carbons (Fsp3) is 0.333. The molecule has 0 saturated carbocycles. The number of guanidine groups is 1. The highest BCUT2D eigenvalue weighted by atomic mass is 16.6. The van der Waals surface area contributed by atoms with Gasteiger partial charge in [-0.15, -0.1) is 0 Å². The van der Waals surface area contributed by atoms with E-state index in [-0.39, 0.29) is 5.96 Å². The van der Waals surface area contributed by atoms with Crippen molar-refractivity contribution in [3.05, 3.63) is 0 Å². The third-order valence-electron chi connectivity index (χ3n) is 0.394. The van der Waals surface area contributed by atoms with E-state index in [0.29, 0.717) is 0 Å². The molecule has 0 fully saturated rings. The van der Waals surface area contributed by atoms with Gasteiger partial charge in [0.25, 0.3) is 0 Å². The van der Waals surface area contributed by atoms with E-state index in [0.717, 1.165) is 0 Å². The Kier molecular flexibility index (Phi) is 8.49. The van der Waals surface area contributed by atoms with Gasteiger partial charge >= 0.3 is 6.16 Å². The molecule has 60 valence electrons. The Balaban J connectivity index is 0. The summed E-state index contributed by atoms with van der Waals surface area (Å²) in [5.74, 6) is 4.87. The van der Waals surface area contributed by atoms with Crippen LogP contribution < -0.4 is 16.6 Å². The van der Waals surface area contributed by atoms with Gasteiger partial charge < -0.3 is 15.5 Å². The van der Waals surface area contributed by atoms with Crippen LogP contribution in [-0.4, -0.2) is 29.4 Å². The summed E-state index contributed by atoms with van der Waals surface area (Å²) in [4.78, 5) is 8.56. The van der Waals surface area contributed by atoms with Crippen LogP contribution in [0.5, 0.6) is 0 Å². The van der Waals surface area contributed by atoms with Crippen molar-refractivity contribution in [3.63, 3.8) is 0 Å². The van der Waals surface area contributed by atoms with E-state index in [9.17, 15) is 0 Å². The molecule has 0 radical (unpaired) electrons. The molecule has 10 heavy (non-hydrogen) atoms. The van der Waals surface area contributed by atoms with Gasteiger partial charge in [-0.2, -0.15) is 0 Å². The normalized spacial score (nSPS) is 6.60. The highest BCUT2D eigenvalue weighted by molar-refractivity contribution is 5.75. The molecule has 0 saturated heterocycles. The Morgan fingerprint density at radius 3 is 1.90 bits per heavy atom. The molecule has 0 aliphatic carbocycles. The predicted octanol–water partition coefficient (Wildman–Crippen LogP) is -1.17. The highest BCUT2D eigenvalue weighted by Crippen LogP contribution is 1.42. The largest absolute Gasteiger partial charge is 0.503 e. The van der Waals surface area contributed by atoms with Gasteiger partial charge in [0.2, 0.25) is 5.96 Å². The zero-order valence-corrected chi connectivity index (χ0v) is 5.38. The number of nitrogens with one attached hydrogen (secondary N) is 3. The van der Waals surface area contributed by atoms with Crippen molar-refractivity contribution in [3.8, 4) is 0 Å². The molecule has 7 nitrogen and oxygen atoms in total. The van der Waals surface area contributed by atoms with Crippen LogP contribution in [0.2, 0.25) is 0 Å². The van der Waals surface area contributed by atoms with Crippen molar-refractivity contribution >= 4 is 12.1 Å². The molecule has 0 heterocycles. The average Bonchev–Trinajstić information content (AvgIpc) is 1.85. The Morgan fingerprint density at radius 1 is 1.60 bits per heavy atom. The zero-order chi connectivity index (χ0) is 8.57. The molecule has 7 N–H and O–H groups in total. The van der Waals surface area contributed by atoms with Crippen molar-refractivity contribution in [2.45, 2.75) is 0 Å². The van der Waals surface area contributed by atoms with Gasteiger partial charge in [0, 0.05) is 7.05 Å². The van der Waals surface area contributed by atoms with E-state index >= 15 is 0 Å². The van der Waals surface area contributed by atoms with Gasteiger partial charge in [-0.25, -0.2) is 10.6 Å². The molecular formula is C3H10N4O3. The summed E-state index contributed by atoms with van der Waals surface area (Å²) in [7, 11) is 1.61. The monoisotopic (exact) mass is 150 g/mol. The van der Waals surface area contributed by atoms with E-state index < -0.39 is 6.16 Å². The first-order valence-corrected chi connectivity index (χ1v) is 2.19. The standard InChI is InChI=1S/C2H8N4.CH2O3/c1-5-2(3)6-4;2-1(3)4/h4H2,1H3,(H3,3,5,6);(H2,2,3,4). The maximum absolute atomic E-state index is 8.56. The molecule has 0 unspecified atom stereocenters. The molecule has 0 rings (SSSR count). The summed E-state index contributed by atoms with van der Waals surface area (Å²) in [6, 6.07) is 0. The Labute approximate surface area is 57.3 Å². The number of carboxylic acid groups (broad SMARTS) is 2. The molecule has 0 aromatic rings. The van der Waals surface area contributed by atoms with E-state index in [1.165, 1.54) is 0 Å². The average molecular weight is 150 g/mol. The number of carbonyl (C=O) groups is 1. The van der Waals surface area contributed by atoms with Crippen molar-refractivity contribution in [2.75, 3.05) is 7.05 Å². The molecule has 7 heteroatoms. The quantitative estimate of drug-likeness (QED) is 0.111. The first kappa shape index (κ1) is 11.3. The second kappa shape index (κ2) is 7.50. The van der Waals surface area contributed by atoms with E-state index in [2.05, 4.69) is 10.7 Å². The van der Waals surface area contributed by atoms with Crippen molar-refractivity contribution in [1.82, 2.24) is 10.7 Å². The summed E-state index contributed by atoms with van der Waals surface area (Å²) in [6.45, 7) is 0. The van der Waals surface area contributed by atoms with Crippen LogP contribution >= 0.6 is 0 Å². The van der Waals surface area contributed by atoms with Gasteiger partial charge in [0.1, 0.15) is 0 Å². The topological polar surface area (TPSA) is 131 Å². The summed E-state index contributed by atoms with van der Waals surface area (Å²) >= 11 is 0. The summed E-state index contributed by atoms with van der Waals surface area (Å²) in [6.07, 6.45) is -1.83. The van der Waals surface area contributed by atoms with Gasteiger partial charge in [-0.05, 0) is 0 Å². The Hall–Kier alpha value is -1.50. The van der Waals surface area contributed by atoms with Crippen LogP contribution in [0.1, 0.15) is 0 Å². The Morgan fingerprint density at radius 2 is 1.90 bits per heavy atom. The first-order valence-electron chi connectivity index (χ1n) is 2.19. The maximum atomic E-state index is 8.56. The number of nitrogens with two attached hydrogens (primary N) is 1. The summed E-state index contributed by atoms with van der Waals surface area (Å²) in [5, 5.41) is 23.0. The van der Waals surface area contributed by atoms with Gasteiger partial charge in [-0.1, -0.05) is 0 Å². The van der Waals surface area contributed by atoms with Crippen LogP contribution in [0.25, 0.3) is 0 Å². The minimum atomic E-state index is -1.83. The molecule has 0 amide bonds. The number of rotatable bonds is 0. The SMILES string of the molecule is CNC(=N)NN.O=C(O)O. The molecule has 0 spiro atoms. The maximum Gasteiger partial charge on any atom is 0.503 e. The van der Waals surface area contributed by atoms with Gasteiger partial charge in [0.05, 0.1) is 0 Å². The summed E-state index contributed by atoms with van der Waals surface area (Å²) in [5.41, 5.74) is 2.09. The van der Waals surface area contributed by atoms with E-state index in [4.69, 9.17) is 26.3 Å². The minimum absolute atomic E-state index is 0.120. The second-order valence-corrected chi connectivity index (χ2v) is 1.05. The minimum Gasteiger partial charge on any atom is -0.450 e. The van der Waals surface area contributed by atoms with Crippen LogP contribution in [-0.2, 0) is 0 Å². The fourth-order valence-corrected chi connectivity index (χ4v) is 0.0722. The molecule has 0 aliphatic heterocycles. The predicted molar refractivity (Wildman–Crippen MR) is 34.8 cm³/mol. The molecule has 0 aliphatic rings. The van der Waals surface area contributed by atoms with Crippen LogP contribution in [0.15, 0.2) is 0 Å². The lowest BCUT2D eigenvalue weighted by Crippen LogP contribution is -2.38. The molecule has 0 atom stereocenters. The van der Waals surface area contributed by atoms with Crippen molar-refractivity contribution in [2.24, 2.45) is 5.84 Å². The lowest BCUT2D eigenvalue weighted by Gasteiger charge is -1.95. The molecular weight excluding hydrogens is 140 g/mol. The van der Waals surface area contributed by atoms with Crippen LogP contribution in [0, 0.1) is 5.41 Å². The molecule has 0 aromatic carbocycles. The smallest absolute Gasteiger partial charge is 0.450 e. The van der Waals surface area contributed by atoms with E-state index in [1.54, 1.807) is 7.05 Å². The summed E-state index contributed by atoms with van der Waals surface area (Å²) < 4.78 is 0. The molecule has 0 bridgehead atoms. The first-order chi connectivity index (χ1) is 4.54. The lowest BCUT2D eigenvalue weighted by atomic mass is 11.0. The number of hydrazine groups is 1. The third kappa shape index (κ3) is 31.5.